The Bertz CT molecular complexity index is 606. The van der Waals surface area contributed by atoms with Gasteiger partial charge in [-0.2, -0.15) is 0 Å². The van der Waals surface area contributed by atoms with E-state index in [1.807, 2.05) is 0 Å². The molecule has 0 atom stereocenters. The van der Waals surface area contributed by atoms with Gasteiger partial charge in [-0.3, -0.25) is 9.59 Å². The third-order valence-corrected chi connectivity index (χ3v) is 2.45. The number of amides is 1. The minimum atomic E-state index is -0.537. The summed E-state index contributed by atoms with van der Waals surface area (Å²) < 4.78 is 17.4. The number of rotatable bonds is 3. The molecule has 0 unspecified atom stereocenters. The Balaban J connectivity index is 2.15. The summed E-state index contributed by atoms with van der Waals surface area (Å²) in [4.78, 5) is 25.4. The normalized spacial score (nSPS) is 10.3. The number of esters is 1. The molecule has 18 heavy (non-hydrogen) atoms. The Morgan fingerprint density at radius 3 is 2.89 bits per heavy atom. The Morgan fingerprint density at radius 1 is 1.39 bits per heavy atom. The van der Waals surface area contributed by atoms with Gasteiger partial charge in [-0.05, 0) is 24.3 Å². The van der Waals surface area contributed by atoms with Crippen molar-refractivity contribution in [3.05, 3.63) is 35.8 Å². The predicted octanol–water partition coefficient (Wildman–Crippen LogP) is 1.21. The molecular weight excluding hydrogens is 239 g/mol. The molecule has 1 amide bonds. The lowest BCUT2D eigenvalue weighted by molar-refractivity contribution is -0.139. The van der Waals surface area contributed by atoms with Crippen LogP contribution in [-0.2, 0) is 9.53 Å². The largest absolute Gasteiger partial charge is 0.468 e. The van der Waals surface area contributed by atoms with Crippen molar-refractivity contribution in [2.75, 3.05) is 13.7 Å². The molecule has 1 heterocycles. The van der Waals surface area contributed by atoms with Crippen molar-refractivity contribution < 1.29 is 18.7 Å². The molecule has 0 spiro atoms. The average Bonchev–Trinajstić information content (AvgIpc) is 2.78. The summed E-state index contributed by atoms with van der Waals surface area (Å²) >= 11 is 0. The molecule has 0 bridgehead atoms. The third-order valence-electron chi connectivity index (χ3n) is 2.45. The Hall–Kier alpha value is -2.37. The van der Waals surface area contributed by atoms with Crippen molar-refractivity contribution in [1.29, 1.82) is 0 Å². The number of nitrogens with one attached hydrogen (secondary N) is 2. The molecule has 0 fully saturated rings. The molecule has 5 nitrogen and oxygen atoms in total. The van der Waals surface area contributed by atoms with Gasteiger partial charge in [0.2, 0.25) is 0 Å². The second-order valence-electron chi connectivity index (χ2n) is 3.67. The highest BCUT2D eigenvalue weighted by molar-refractivity contribution is 5.99. The van der Waals surface area contributed by atoms with Gasteiger partial charge in [0.05, 0.1) is 7.11 Å². The summed E-state index contributed by atoms with van der Waals surface area (Å²) in [5.74, 6) is -1.36. The molecular formula is C12H11FN2O3. The van der Waals surface area contributed by atoms with Gasteiger partial charge in [0.1, 0.15) is 18.1 Å². The van der Waals surface area contributed by atoms with E-state index in [0.717, 1.165) is 0 Å². The second kappa shape index (κ2) is 4.87. The maximum Gasteiger partial charge on any atom is 0.325 e. The van der Waals surface area contributed by atoms with Gasteiger partial charge in [0.25, 0.3) is 5.91 Å². The zero-order valence-electron chi connectivity index (χ0n) is 9.62. The maximum absolute atomic E-state index is 13.0. The summed E-state index contributed by atoms with van der Waals surface area (Å²) in [6.07, 6.45) is 0. The fourth-order valence-corrected chi connectivity index (χ4v) is 1.55. The molecule has 2 N–H and O–H groups in total. The van der Waals surface area contributed by atoms with E-state index in [9.17, 15) is 14.0 Å². The fraction of sp³-hybridized carbons (Fsp3) is 0.167. The van der Waals surface area contributed by atoms with Gasteiger partial charge in [-0.1, -0.05) is 0 Å². The van der Waals surface area contributed by atoms with Crippen molar-refractivity contribution >= 4 is 22.8 Å². The van der Waals surface area contributed by atoms with Crippen LogP contribution in [0.5, 0.6) is 0 Å². The number of aromatic nitrogens is 1. The van der Waals surface area contributed by atoms with Crippen LogP contribution in [0.15, 0.2) is 24.3 Å². The van der Waals surface area contributed by atoms with E-state index < -0.39 is 11.9 Å². The smallest absolute Gasteiger partial charge is 0.325 e. The van der Waals surface area contributed by atoms with Gasteiger partial charge < -0.3 is 15.0 Å². The number of hydrogen-bond acceptors (Lipinski definition) is 3. The summed E-state index contributed by atoms with van der Waals surface area (Å²) in [5.41, 5.74) is 0.916. The first kappa shape index (κ1) is 12.1. The van der Waals surface area contributed by atoms with E-state index in [4.69, 9.17) is 0 Å². The van der Waals surface area contributed by atoms with Crippen LogP contribution in [0.2, 0.25) is 0 Å². The first-order valence-corrected chi connectivity index (χ1v) is 5.23. The van der Waals surface area contributed by atoms with E-state index in [1.54, 1.807) is 6.07 Å². The molecule has 1 aromatic heterocycles. The minimum absolute atomic E-state index is 0.209. The number of fused-ring (bicyclic) bond motifs is 1. The summed E-state index contributed by atoms with van der Waals surface area (Å²) in [5, 5.41) is 2.98. The number of carbonyl (C=O) groups excluding carboxylic acids is 2. The topological polar surface area (TPSA) is 71.2 Å². The van der Waals surface area contributed by atoms with Gasteiger partial charge in [-0.25, -0.2) is 4.39 Å². The molecule has 0 aliphatic heterocycles. The lowest BCUT2D eigenvalue weighted by Gasteiger charge is -2.01. The van der Waals surface area contributed by atoms with Gasteiger partial charge in [0.15, 0.2) is 0 Å². The highest BCUT2D eigenvalue weighted by Gasteiger charge is 2.11. The summed E-state index contributed by atoms with van der Waals surface area (Å²) in [6.45, 7) is -0.209. The molecule has 0 saturated heterocycles. The molecule has 94 valence electrons. The fourth-order valence-electron chi connectivity index (χ4n) is 1.55. The van der Waals surface area contributed by atoms with Crippen LogP contribution in [0.1, 0.15) is 10.5 Å². The Kier molecular flexibility index (Phi) is 3.27. The number of carbonyl (C=O) groups is 2. The highest BCUT2D eigenvalue weighted by atomic mass is 19.1. The van der Waals surface area contributed by atoms with Crippen LogP contribution in [0, 0.1) is 5.82 Å². The average molecular weight is 250 g/mol. The zero-order chi connectivity index (χ0) is 13.1. The number of hydrogen-bond donors (Lipinski definition) is 2. The third kappa shape index (κ3) is 2.48. The number of aromatic amines is 1. The van der Waals surface area contributed by atoms with E-state index >= 15 is 0 Å². The molecule has 0 aliphatic rings. The van der Waals surface area contributed by atoms with Gasteiger partial charge >= 0.3 is 5.97 Å². The summed E-state index contributed by atoms with van der Waals surface area (Å²) in [7, 11) is 1.24. The Morgan fingerprint density at radius 2 is 2.17 bits per heavy atom. The number of methoxy groups -OCH3 is 1. The van der Waals surface area contributed by atoms with Gasteiger partial charge in [0, 0.05) is 10.9 Å². The first-order valence-electron chi connectivity index (χ1n) is 5.23. The highest BCUT2D eigenvalue weighted by Crippen LogP contribution is 2.16. The molecule has 0 aliphatic carbocycles. The monoisotopic (exact) mass is 250 g/mol. The van der Waals surface area contributed by atoms with Crippen molar-refractivity contribution in [2.24, 2.45) is 0 Å². The number of halogens is 1. The van der Waals surface area contributed by atoms with E-state index in [1.165, 1.54) is 25.3 Å². The summed E-state index contributed by atoms with van der Waals surface area (Å²) in [6, 6.07) is 5.69. The van der Waals surface area contributed by atoms with Crippen LogP contribution >= 0.6 is 0 Å². The van der Waals surface area contributed by atoms with E-state index in [0.29, 0.717) is 10.9 Å². The van der Waals surface area contributed by atoms with Crippen molar-refractivity contribution in [3.63, 3.8) is 0 Å². The van der Waals surface area contributed by atoms with Crippen molar-refractivity contribution in [1.82, 2.24) is 10.3 Å². The first-order chi connectivity index (χ1) is 8.60. The minimum Gasteiger partial charge on any atom is -0.468 e. The number of H-pyrrole nitrogens is 1. The molecule has 6 heteroatoms. The second-order valence-corrected chi connectivity index (χ2v) is 3.67. The quantitative estimate of drug-likeness (QED) is 0.804. The van der Waals surface area contributed by atoms with Crippen LogP contribution in [-0.4, -0.2) is 30.5 Å². The number of ether oxygens (including phenoxy) is 1. The lowest BCUT2D eigenvalue weighted by Crippen LogP contribution is -2.30. The van der Waals surface area contributed by atoms with Crippen LogP contribution in [0.25, 0.3) is 10.9 Å². The van der Waals surface area contributed by atoms with Crippen molar-refractivity contribution in [3.8, 4) is 0 Å². The molecule has 0 radical (unpaired) electrons. The van der Waals surface area contributed by atoms with Crippen LogP contribution in [0.4, 0.5) is 4.39 Å². The molecule has 1 aromatic carbocycles. The van der Waals surface area contributed by atoms with E-state index in [2.05, 4.69) is 15.0 Å². The SMILES string of the molecule is COC(=O)CNC(=O)c1cc2cc(F)ccc2[nH]1. The maximum atomic E-state index is 13.0. The molecule has 2 aromatic rings. The van der Waals surface area contributed by atoms with E-state index in [-0.39, 0.29) is 18.1 Å². The van der Waals surface area contributed by atoms with Gasteiger partial charge in [-0.15, -0.1) is 0 Å². The van der Waals surface area contributed by atoms with Crippen LogP contribution < -0.4 is 5.32 Å². The lowest BCUT2D eigenvalue weighted by atomic mass is 10.2. The van der Waals surface area contributed by atoms with Crippen molar-refractivity contribution in [2.45, 2.75) is 0 Å². The predicted molar refractivity (Wildman–Crippen MR) is 62.6 cm³/mol. The standard InChI is InChI=1S/C12H11FN2O3/c1-18-11(16)6-14-12(17)10-5-7-4-8(13)2-3-9(7)15-10/h2-5,15H,6H2,1H3,(H,14,17). The zero-order valence-corrected chi connectivity index (χ0v) is 9.62. The molecule has 2 rings (SSSR count). The van der Waals surface area contributed by atoms with Crippen LogP contribution in [0.3, 0.4) is 0 Å². The Labute approximate surface area is 102 Å². The molecule has 0 saturated carbocycles. The number of benzene rings is 1.